The molecule has 0 fully saturated rings. The standard InChI is InChI=1S/C11H16O4S/c1-10(8-15-16(2,12)13)14-9-11-6-4-3-5-7-11/h3-7,10H,8-9H2,1-2H3/t10-/m0/s1. The third kappa shape index (κ3) is 5.85. The highest BCUT2D eigenvalue weighted by Crippen LogP contribution is 2.04. The maximum atomic E-state index is 10.7. The Morgan fingerprint density at radius 1 is 1.25 bits per heavy atom. The summed E-state index contributed by atoms with van der Waals surface area (Å²) in [5.41, 5.74) is 1.05. The average molecular weight is 244 g/mol. The number of rotatable bonds is 6. The van der Waals surface area contributed by atoms with Gasteiger partial charge in [-0.05, 0) is 12.5 Å². The molecule has 0 unspecified atom stereocenters. The second-order valence-corrected chi connectivity index (χ2v) is 5.24. The van der Waals surface area contributed by atoms with Crippen molar-refractivity contribution in [2.24, 2.45) is 0 Å². The predicted octanol–water partition coefficient (Wildman–Crippen LogP) is 1.57. The van der Waals surface area contributed by atoms with Crippen molar-refractivity contribution >= 4 is 10.1 Å². The molecule has 0 bridgehead atoms. The molecule has 4 nitrogen and oxygen atoms in total. The molecule has 0 radical (unpaired) electrons. The fraction of sp³-hybridized carbons (Fsp3) is 0.455. The molecule has 0 spiro atoms. The van der Waals surface area contributed by atoms with E-state index in [0.717, 1.165) is 11.8 Å². The molecule has 0 aliphatic carbocycles. The van der Waals surface area contributed by atoms with Gasteiger partial charge in [-0.2, -0.15) is 8.42 Å². The lowest BCUT2D eigenvalue weighted by Gasteiger charge is -2.12. The van der Waals surface area contributed by atoms with E-state index in [1.54, 1.807) is 6.92 Å². The van der Waals surface area contributed by atoms with Crippen LogP contribution in [-0.2, 0) is 25.6 Å². The molecule has 5 heteroatoms. The van der Waals surface area contributed by atoms with E-state index in [1.165, 1.54) is 0 Å². The summed E-state index contributed by atoms with van der Waals surface area (Å²) in [5, 5.41) is 0. The highest BCUT2D eigenvalue weighted by Gasteiger charge is 2.07. The van der Waals surface area contributed by atoms with Gasteiger partial charge in [0, 0.05) is 0 Å². The van der Waals surface area contributed by atoms with Crippen molar-refractivity contribution in [1.29, 1.82) is 0 Å². The Balaban J connectivity index is 2.28. The summed E-state index contributed by atoms with van der Waals surface area (Å²) in [6.45, 7) is 2.27. The number of hydrogen-bond donors (Lipinski definition) is 0. The smallest absolute Gasteiger partial charge is 0.264 e. The molecule has 0 amide bonds. The number of hydrogen-bond acceptors (Lipinski definition) is 4. The zero-order valence-corrected chi connectivity index (χ0v) is 10.2. The minimum Gasteiger partial charge on any atom is -0.371 e. The van der Waals surface area contributed by atoms with E-state index < -0.39 is 10.1 Å². The Bertz CT molecular complexity index is 399. The Morgan fingerprint density at radius 2 is 1.88 bits per heavy atom. The van der Waals surface area contributed by atoms with Gasteiger partial charge in [-0.25, -0.2) is 0 Å². The monoisotopic (exact) mass is 244 g/mol. The van der Waals surface area contributed by atoms with Crippen LogP contribution >= 0.6 is 0 Å². The van der Waals surface area contributed by atoms with Gasteiger partial charge in [0.15, 0.2) is 0 Å². The molecule has 1 rings (SSSR count). The van der Waals surface area contributed by atoms with E-state index in [-0.39, 0.29) is 12.7 Å². The normalized spacial score (nSPS) is 13.6. The van der Waals surface area contributed by atoms with Crippen LogP contribution in [0.15, 0.2) is 30.3 Å². The Morgan fingerprint density at radius 3 is 2.44 bits per heavy atom. The fourth-order valence-electron chi connectivity index (χ4n) is 1.08. The van der Waals surface area contributed by atoms with Gasteiger partial charge in [0.05, 0.1) is 25.6 Å². The summed E-state index contributed by atoms with van der Waals surface area (Å²) in [5.74, 6) is 0. The van der Waals surface area contributed by atoms with Crippen LogP contribution < -0.4 is 0 Å². The molecular weight excluding hydrogens is 228 g/mol. The van der Waals surface area contributed by atoms with Gasteiger partial charge in [-0.1, -0.05) is 30.3 Å². The molecule has 1 atom stereocenters. The lowest BCUT2D eigenvalue weighted by molar-refractivity contribution is 0.0232. The lowest BCUT2D eigenvalue weighted by Crippen LogP contribution is -2.18. The van der Waals surface area contributed by atoms with Crippen LogP contribution in [0, 0.1) is 0 Å². The Labute approximate surface area is 96.3 Å². The largest absolute Gasteiger partial charge is 0.371 e. The minimum atomic E-state index is -3.38. The molecule has 0 aliphatic rings. The van der Waals surface area contributed by atoms with Gasteiger partial charge < -0.3 is 4.74 Å². The Hall–Kier alpha value is -0.910. The maximum Gasteiger partial charge on any atom is 0.264 e. The van der Waals surface area contributed by atoms with Crippen LogP contribution in [0.3, 0.4) is 0 Å². The molecule has 0 heterocycles. The van der Waals surface area contributed by atoms with Crippen LogP contribution in [0.5, 0.6) is 0 Å². The van der Waals surface area contributed by atoms with Gasteiger partial charge in [0.25, 0.3) is 10.1 Å². The van der Waals surface area contributed by atoms with Crippen molar-refractivity contribution < 1.29 is 17.3 Å². The van der Waals surface area contributed by atoms with Gasteiger partial charge in [-0.3, -0.25) is 4.18 Å². The lowest BCUT2D eigenvalue weighted by atomic mass is 10.2. The first-order valence-corrected chi connectivity index (χ1v) is 6.79. The molecule has 1 aromatic carbocycles. The molecule has 0 aromatic heterocycles. The van der Waals surface area contributed by atoms with Crippen molar-refractivity contribution in [2.45, 2.75) is 19.6 Å². The fourth-order valence-corrected chi connectivity index (χ4v) is 1.52. The van der Waals surface area contributed by atoms with Gasteiger partial charge in [0.1, 0.15) is 0 Å². The predicted molar refractivity (Wildman–Crippen MR) is 61.5 cm³/mol. The summed E-state index contributed by atoms with van der Waals surface area (Å²) in [4.78, 5) is 0. The van der Waals surface area contributed by atoms with Crippen molar-refractivity contribution in [2.75, 3.05) is 12.9 Å². The molecule has 0 saturated carbocycles. The zero-order valence-electron chi connectivity index (χ0n) is 9.42. The first-order valence-electron chi connectivity index (χ1n) is 4.97. The van der Waals surface area contributed by atoms with E-state index in [4.69, 9.17) is 4.74 Å². The van der Waals surface area contributed by atoms with E-state index in [9.17, 15) is 8.42 Å². The minimum absolute atomic E-state index is 0.0473. The summed E-state index contributed by atoms with van der Waals surface area (Å²) in [7, 11) is -3.38. The van der Waals surface area contributed by atoms with Gasteiger partial charge in [-0.15, -0.1) is 0 Å². The van der Waals surface area contributed by atoms with Crippen LogP contribution in [0.25, 0.3) is 0 Å². The second kappa shape index (κ2) is 5.98. The van der Waals surface area contributed by atoms with E-state index in [1.807, 2.05) is 30.3 Å². The number of ether oxygens (including phenoxy) is 1. The van der Waals surface area contributed by atoms with E-state index in [0.29, 0.717) is 6.61 Å². The first kappa shape index (κ1) is 13.2. The molecule has 0 saturated heterocycles. The highest BCUT2D eigenvalue weighted by molar-refractivity contribution is 7.85. The van der Waals surface area contributed by atoms with Gasteiger partial charge >= 0.3 is 0 Å². The molecule has 0 N–H and O–H groups in total. The third-order valence-corrected chi connectivity index (χ3v) is 2.46. The molecule has 0 aliphatic heterocycles. The topological polar surface area (TPSA) is 52.6 Å². The van der Waals surface area contributed by atoms with Crippen molar-refractivity contribution in [1.82, 2.24) is 0 Å². The second-order valence-electron chi connectivity index (χ2n) is 3.60. The molecule has 16 heavy (non-hydrogen) atoms. The number of benzene rings is 1. The molecular formula is C11H16O4S. The maximum absolute atomic E-state index is 10.7. The van der Waals surface area contributed by atoms with Gasteiger partial charge in [0.2, 0.25) is 0 Å². The summed E-state index contributed by atoms with van der Waals surface area (Å²) >= 11 is 0. The van der Waals surface area contributed by atoms with Crippen LogP contribution in [-0.4, -0.2) is 27.4 Å². The highest BCUT2D eigenvalue weighted by atomic mass is 32.2. The average Bonchev–Trinajstić information content (AvgIpc) is 2.24. The van der Waals surface area contributed by atoms with Crippen LogP contribution in [0.1, 0.15) is 12.5 Å². The third-order valence-electron chi connectivity index (χ3n) is 1.89. The van der Waals surface area contributed by atoms with Crippen LogP contribution in [0.2, 0.25) is 0 Å². The molecule has 1 aromatic rings. The summed E-state index contributed by atoms with van der Waals surface area (Å²) in [6, 6.07) is 9.68. The van der Waals surface area contributed by atoms with Crippen molar-refractivity contribution in [3.05, 3.63) is 35.9 Å². The first-order chi connectivity index (χ1) is 7.47. The van der Waals surface area contributed by atoms with Crippen LogP contribution in [0.4, 0.5) is 0 Å². The quantitative estimate of drug-likeness (QED) is 0.713. The summed E-state index contributed by atoms with van der Waals surface area (Å²) < 4.78 is 31.5. The van der Waals surface area contributed by atoms with Crippen molar-refractivity contribution in [3.8, 4) is 0 Å². The Kier molecular flexibility index (Phi) is 4.92. The summed E-state index contributed by atoms with van der Waals surface area (Å²) in [6.07, 6.45) is 0.770. The molecule has 90 valence electrons. The SMILES string of the molecule is C[C@@H](COS(C)(=O)=O)OCc1ccccc1. The van der Waals surface area contributed by atoms with E-state index >= 15 is 0 Å². The van der Waals surface area contributed by atoms with Crippen molar-refractivity contribution in [3.63, 3.8) is 0 Å². The zero-order chi connectivity index (χ0) is 12.0. The van der Waals surface area contributed by atoms with E-state index in [2.05, 4.69) is 4.18 Å².